The molecule has 0 saturated heterocycles. The molecule has 1 atom stereocenters. The van der Waals surface area contributed by atoms with Gasteiger partial charge in [-0.15, -0.1) is 0 Å². The van der Waals surface area contributed by atoms with Crippen LogP contribution in [0.3, 0.4) is 0 Å². The van der Waals surface area contributed by atoms with Crippen molar-refractivity contribution < 1.29 is 9.53 Å². The normalized spacial score (nSPS) is 12.8. The summed E-state index contributed by atoms with van der Waals surface area (Å²) in [5.74, 6) is 0.359. The maximum Gasteiger partial charge on any atom is 0.410 e. The molecule has 0 saturated carbocycles. The van der Waals surface area contributed by atoms with Gasteiger partial charge >= 0.3 is 6.09 Å². The molecule has 0 bridgehead atoms. The molecule has 0 radical (unpaired) electrons. The Morgan fingerprint density at radius 3 is 2.57 bits per heavy atom. The predicted molar refractivity (Wildman–Crippen MR) is 95.7 cm³/mol. The van der Waals surface area contributed by atoms with Gasteiger partial charge in [-0.05, 0) is 63.8 Å². The average molecular weight is 320 g/mol. The molecule has 0 heterocycles. The molecule has 1 unspecified atom stereocenters. The van der Waals surface area contributed by atoms with Crippen molar-refractivity contribution in [2.24, 2.45) is 5.92 Å². The number of hydrogen-bond donors (Lipinski definition) is 1. The standard InChI is InChI=1S/C19H32N2O2/c1-14(13-21(7)18(22)23-19(4,5)6)11-20-12-17-10-8-9-15(2)16(17)3/h8-10,14,20H,11-13H2,1-7H3. The molecule has 0 aliphatic carbocycles. The number of carbonyl (C=O) groups excluding carboxylic acids is 1. The highest BCUT2D eigenvalue weighted by molar-refractivity contribution is 5.67. The first-order chi connectivity index (χ1) is 10.6. The van der Waals surface area contributed by atoms with Crippen molar-refractivity contribution in [1.29, 1.82) is 0 Å². The van der Waals surface area contributed by atoms with Crippen LogP contribution in [-0.2, 0) is 11.3 Å². The zero-order valence-corrected chi connectivity index (χ0v) is 15.7. The maximum absolute atomic E-state index is 12.0. The molecule has 1 amide bonds. The van der Waals surface area contributed by atoms with Crippen LogP contribution in [0.5, 0.6) is 0 Å². The van der Waals surface area contributed by atoms with Crippen LogP contribution >= 0.6 is 0 Å². The van der Waals surface area contributed by atoms with E-state index in [-0.39, 0.29) is 6.09 Å². The third kappa shape index (κ3) is 7.04. The molecule has 4 nitrogen and oxygen atoms in total. The van der Waals surface area contributed by atoms with E-state index in [2.05, 4.69) is 44.3 Å². The van der Waals surface area contributed by atoms with Crippen molar-refractivity contribution in [3.63, 3.8) is 0 Å². The van der Waals surface area contributed by atoms with Crippen molar-refractivity contribution in [3.05, 3.63) is 34.9 Å². The zero-order valence-electron chi connectivity index (χ0n) is 15.7. The summed E-state index contributed by atoms with van der Waals surface area (Å²) in [7, 11) is 1.79. The van der Waals surface area contributed by atoms with Crippen molar-refractivity contribution in [2.45, 2.75) is 53.7 Å². The molecule has 0 aliphatic rings. The molecule has 1 aromatic carbocycles. The minimum atomic E-state index is -0.449. The number of amides is 1. The van der Waals surface area contributed by atoms with Gasteiger partial charge in [0.25, 0.3) is 0 Å². The van der Waals surface area contributed by atoms with Crippen molar-refractivity contribution in [1.82, 2.24) is 10.2 Å². The van der Waals surface area contributed by atoms with Gasteiger partial charge in [-0.3, -0.25) is 0 Å². The highest BCUT2D eigenvalue weighted by atomic mass is 16.6. The number of aryl methyl sites for hydroxylation is 1. The number of ether oxygens (including phenoxy) is 1. The Bertz CT molecular complexity index is 521. The fourth-order valence-corrected chi connectivity index (χ4v) is 2.40. The molecule has 1 N–H and O–H groups in total. The van der Waals surface area contributed by atoms with Gasteiger partial charge in [-0.25, -0.2) is 4.79 Å². The van der Waals surface area contributed by atoms with Crippen molar-refractivity contribution in [3.8, 4) is 0 Å². The van der Waals surface area contributed by atoms with Crippen LogP contribution in [-0.4, -0.2) is 36.7 Å². The fourth-order valence-electron chi connectivity index (χ4n) is 2.40. The summed E-state index contributed by atoms with van der Waals surface area (Å²) < 4.78 is 5.37. The van der Waals surface area contributed by atoms with Crippen LogP contribution in [0.25, 0.3) is 0 Å². The minimum absolute atomic E-state index is 0.265. The molecule has 130 valence electrons. The summed E-state index contributed by atoms with van der Waals surface area (Å²) in [6.45, 7) is 14.5. The van der Waals surface area contributed by atoms with E-state index in [0.29, 0.717) is 12.5 Å². The lowest BCUT2D eigenvalue weighted by molar-refractivity contribution is 0.0277. The van der Waals surface area contributed by atoms with Gasteiger partial charge in [0, 0.05) is 20.1 Å². The third-order valence-electron chi connectivity index (χ3n) is 3.82. The van der Waals surface area contributed by atoms with Crippen LogP contribution in [0.15, 0.2) is 18.2 Å². The first-order valence-electron chi connectivity index (χ1n) is 8.30. The summed E-state index contributed by atoms with van der Waals surface area (Å²) in [6.07, 6.45) is -0.265. The van der Waals surface area contributed by atoms with E-state index in [1.807, 2.05) is 20.8 Å². The second-order valence-electron chi connectivity index (χ2n) is 7.46. The summed E-state index contributed by atoms with van der Waals surface area (Å²) in [5.41, 5.74) is 3.55. The summed E-state index contributed by atoms with van der Waals surface area (Å²) in [6, 6.07) is 6.39. The Morgan fingerprint density at radius 1 is 1.30 bits per heavy atom. The minimum Gasteiger partial charge on any atom is -0.444 e. The number of nitrogens with zero attached hydrogens (tertiary/aromatic N) is 1. The smallest absolute Gasteiger partial charge is 0.410 e. The summed E-state index contributed by atoms with van der Waals surface area (Å²) in [4.78, 5) is 13.6. The van der Waals surface area contributed by atoms with Gasteiger partial charge in [0.1, 0.15) is 5.60 Å². The van der Waals surface area contributed by atoms with E-state index in [0.717, 1.165) is 13.1 Å². The van der Waals surface area contributed by atoms with Crippen LogP contribution in [0, 0.1) is 19.8 Å². The van der Waals surface area contributed by atoms with Gasteiger partial charge in [0.15, 0.2) is 0 Å². The highest BCUT2D eigenvalue weighted by Gasteiger charge is 2.20. The molecule has 0 aliphatic heterocycles. The van der Waals surface area contributed by atoms with E-state index in [4.69, 9.17) is 4.74 Å². The number of carbonyl (C=O) groups is 1. The van der Waals surface area contributed by atoms with Gasteiger partial charge in [-0.1, -0.05) is 25.1 Å². The predicted octanol–water partition coefficient (Wildman–Crippen LogP) is 3.90. The maximum atomic E-state index is 12.0. The van der Waals surface area contributed by atoms with Gasteiger partial charge < -0.3 is 15.0 Å². The molecule has 0 fully saturated rings. The van der Waals surface area contributed by atoms with E-state index < -0.39 is 5.60 Å². The quantitative estimate of drug-likeness (QED) is 0.864. The fraction of sp³-hybridized carbons (Fsp3) is 0.632. The second kappa shape index (κ2) is 8.34. The zero-order chi connectivity index (χ0) is 17.6. The van der Waals surface area contributed by atoms with Crippen LogP contribution < -0.4 is 5.32 Å². The second-order valence-corrected chi connectivity index (χ2v) is 7.46. The summed E-state index contributed by atoms with van der Waals surface area (Å²) >= 11 is 0. The lowest BCUT2D eigenvalue weighted by Gasteiger charge is -2.26. The first kappa shape index (κ1) is 19.5. The molecule has 0 spiro atoms. The van der Waals surface area contributed by atoms with Crippen molar-refractivity contribution in [2.75, 3.05) is 20.1 Å². The Kier molecular flexibility index (Phi) is 7.07. The van der Waals surface area contributed by atoms with Crippen molar-refractivity contribution >= 4 is 6.09 Å². The van der Waals surface area contributed by atoms with Crippen LogP contribution in [0.2, 0.25) is 0 Å². The number of benzene rings is 1. The SMILES string of the molecule is Cc1cccc(CNCC(C)CN(C)C(=O)OC(C)(C)C)c1C. The molecular weight excluding hydrogens is 288 g/mol. The molecule has 1 aromatic rings. The molecule has 1 rings (SSSR count). The molecule has 0 aromatic heterocycles. The highest BCUT2D eigenvalue weighted by Crippen LogP contribution is 2.13. The number of hydrogen-bond acceptors (Lipinski definition) is 3. The Labute approximate surface area is 141 Å². The van der Waals surface area contributed by atoms with Gasteiger partial charge in [0.05, 0.1) is 0 Å². The average Bonchev–Trinajstić information content (AvgIpc) is 2.41. The Hall–Kier alpha value is -1.55. The lowest BCUT2D eigenvalue weighted by Crippen LogP contribution is -2.38. The number of rotatable bonds is 6. The lowest BCUT2D eigenvalue weighted by atomic mass is 10.0. The Balaban J connectivity index is 2.38. The van der Waals surface area contributed by atoms with E-state index in [9.17, 15) is 4.79 Å². The first-order valence-corrected chi connectivity index (χ1v) is 8.30. The molecule has 23 heavy (non-hydrogen) atoms. The largest absolute Gasteiger partial charge is 0.444 e. The number of nitrogens with one attached hydrogen (secondary N) is 1. The Morgan fingerprint density at radius 2 is 1.96 bits per heavy atom. The van der Waals surface area contributed by atoms with Gasteiger partial charge in [-0.2, -0.15) is 0 Å². The van der Waals surface area contributed by atoms with Crippen LogP contribution in [0.4, 0.5) is 4.79 Å². The van der Waals surface area contributed by atoms with E-state index >= 15 is 0 Å². The third-order valence-corrected chi connectivity index (χ3v) is 3.82. The monoisotopic (exact) mass is 320 g/mol. The van der Waals surface area contributed by atoms with E-state index in [1.165, 1.54) is 16.7 Å². The molecule has 4 heteroatoms. The van der Waals surface area contributed by atoms with Crippen LogP contribution in [0.1, 0.15) is 44.4 Å². The topological polar surface area (TPSA) is 41.6 Å². The van der Waals surface area contributed by atoms with E-state index in [1.54, 1.807) is 11.9 Å². The van der Waals surface area contributed by atoms with Gasteiger partial charge in [0.2, 0.25) is 0 Å². The summed E-state index contributed by atoms with van der Waals surface area (Å²) in [5, 5.41) is 3.48. The molecular formula is C19H32N2O2.